The summed E-state index contributed by atoms with van der Waals surface area (Å²) in [4.78, 5) is 13.4. The van der Waals surface area contributed by atoms with Crippen LogP contribution in [0.2, 0.25) is 0 Å². The monoisotopic (exact) mass is 214 g/mol. The van der Waals surface area contributed by atoms with Crippen LogP contribution in [0, 0.1) is 11.3 Å². The van der Waals surface area contributed by atoms with E-state index in [1.807, 2.05) is 20.8 Å². The number of hydrogen-bond acceptors (Lipinski definition) is 3. The lowest BCUT2D eigenvalue weighted by Crippen LogP contribution is -2.48. The smallest absolute Gasteiger partial charge is 0.308 e. The average molecular weight is 214 g/mol. The average Bonchev–Trinajstić information content (AvgIpc) is 2.13. The Morgan fingerprint density at radius 2 is 1.93 bits per heavy atom. The number of carboxylic acids is 1. The lowest BCUT2D eigenvalue weighted by atomic mass is 9.80. The number of nitrogens with zero attached hydrogens (tertiary/aromatic N) is 1. The van der Waals surface area contributed by atoms with Crippen molar-refractivity contribution in [3.63, 3.8) is 0 Å². The zero-order valence-corrected chi connectivity index (χ0v) is 9.92. The first-order chi connectivity index (χ1) is 6.91. The van der Waals surface area contributed by atoms with Crippen molar-refractivity contribution in [3.8, 4) is 0 Å². The third-order valence-electron chi connectivity index (χ3n) is 2.99. The molecule has 1 rings (SSSR count). The van der Waals surface area contributed by atoms with Crippen LogP contribution in [-0.4, -0.2) is 48.7 Å². The van der Waals surface area contributed by atoms with E-state index in [-0.39, 0.29) is 11.3 Å². The van der Waals surface area contributed by atoms with Crippen molar-refractivity contribution in [3.05, 3.63) is 0 Å². The second kappa shape index (κ2) is 4.94. The van der Waals surface area contributed by atoms with Gasteiger partial charge in [0, 0.05) is 32.7 Å². The lowest BCUT2D eigenvalue weighted by Gasteiger charge is -2.34. The normalized spacial score (nSPS) is 21.3. The Morgan fingerprint density at radius 1 is 1.40 bits per heavy atom. The molecule has 0 amide bonds. The molecule has 1 fully saturated rings. The van der Waals surface area contributed by atoms with Gasteiger partial charge in [-0.1, -0.05) is 20.8 Å². The van der Waals surface area contributed by atoms with Gasteiger partial charge in [0.2, 0.25) is 0 Å². The summed E-state index contributed by atoms with van der Waals surface area (Å²) in [6.45, 7) is 10.5. The Kier molecular flexibility index (Phi) is 4.11. The third kappa shape index (κ3) is 3.80. The van der Waals surface area contributed by atoms with Crippen LogP contribution < -0.4 is 5.32 Å². The zero-order chi connectivity index (χ0) is 11.5. The van der Waals surface area contributed by atoms with E-state index >= 15 is 0 Å². The SMILES string of the molecule is CC(C)(C)C(CN1CCNCC1)C(=O)O. The van der Waals surface area contributed by atoms with Gasteiger partial charge in [0.05, 0.1) is 5.92 Å². The molecule has 1 atom stereocenters. The van der Waals surface area contributed by atoms with E-state index in [1.54, 1.807) is 0 Å². The fraction of sp³-hybridized carbons (Fsp3) is 0.909. The van der Waals surface area contributed by atoms with Crippen molar-refractivity contribution in [2.45, 2.75) is 20.8 Å². The number of carboxylic acid groups (broad SMARTS) is 1. The van der Waals surface area contributed by atoms with Gasteiger partial charge in [-0.05, 0) is 5.41 Å². The highest BCUT2D eigenvalue weighted by Crippen LogP contribution is 2.27. The summed E-state index contributed by atoms with van der Waals surface area (Å²) < 4.78 is 0. The standard InChI is InChI=1S/C11H22N2O2/c1-11(2,3)9(10(14)15)8-13-6-4-12-5-7-13/h9,12H,4-8H2,1-3H3,(H,14,15). The fourth-order valence-electron chi connectivity index (χ4n) is 1.87. The largest absolute Gasteiger partial charge is 0.481 e. The van der Waals surface area contributed by atoms with Crippen LogP contribution in [0.25, 0.3) is 0 Å². The van der Waals surface area contributed by atoms with E-state index in [0.717, 1.165) is 26.2 Å². The molecule has 1 aliphatic rings. The first-order valence-corrected chi connectivity index (χ1v) is 5.57. The van der Waals surface area contributed by atoms with Gasteiger partial charge in [0.25, 0.3) is 0 Å². The molecule has 0 bridgehead atoms. The third-order valence-corrected chi connectivity index (χ3v) is 2.99. The van der Waals surface area contributed by atoms with Crippen molar-refractivity contribution < 1.29 is 9.90 Å². The zero-order valence-electron chi connectivity index (χ0n) is 9.92. The first-order valence-electron chi connectivity index (χ1n) is 5.57. The molecule has 0 aromatic rings. The Balaban J connectivity index is 2.54. The lowest BCUT2D eigenvalue weighted by molar-refractivity contribution is -0.146. The Labute approximate surface area is 91.6 Å². The predicted octanol–water partition coefficient (Wildman–Crippen LogP) is 0.639. The molecule has 4 heteroatoms. The maximum atomic E-state index is 11.2. The van der Waals surface area contributed by atoms with Gasteiger partial charge >= 0.3 is 5.97 Å². The maximum Gasteiger partial charge on any atom is 0.308 e. The number of hydrogen-bond donors (Lipinski definition) is 2. The van der Waals surface area contributed by atoms with Crippen LogP contribution in [0.4, 0.5) is 0 Å². The van der Waals surface area contributed by atoms with Crippen LogP contribution in [-0.2, 0) is 4.79 Å². The predicted molar refractivity (Wildman–Crippen MR) is 59.9 cm³/mol. The quantitative estimate of drug-likeness (QED) is 0.724. The molecule has 1 aliphatic heterocycles. The summed E-state index contributed by atoms with van der Waals surface area (Å²) in [7, 11) is 0. The molecular formula is C11H22N2O2. The number of rotatable bonds is 3. The summed E-state index contributed by atoms with van der Waals surface area (Å²) >= 11 is 0. The minimum absolute atomic E-state index is 0.170. The number of nitrogens with one attached hydrogen (secondary N) is 1. The summed E-state index contributed by atoms with van der Waals surface area (Å²) in [5.41, 5.74) is -0.170. The molecule has 0 aromatic carbocycles. The van der Waals surface area contributed by atoms with Gasteiger partial charge in [0.1, 0.15) is 0 Å². The summed E-state index contributed by atoms with van der Waals surface area (Å²) in [5, 5.41) is 12.5. The summed E-state index contributed by atoms with van der Waals surface area (Å²) in [6.07, 6.45) is 0. The maximum absolute atomic E-state index is 11.2. The van der Waals surface area contributed by atoms with E-state index in [9.17, 15) is 9.90 Å². The Hall–Kier alpha value is -0.610. The molecule has 0 radical (unpaired) electrons. The molecule has 4 nitrogen and oxygen atoms in total. The molecular weight excluding hydrogens is 192 g/mol. The highest BCUT2D eigenvalue weighted by atomic mass is 16.4. The van der Waals surface area contributed by atoms with E-state index in [1.165, 1.54) is 0 Å². The first kappa shape index (κ1) is 12.5. The van der Waals surface area contributed by atoms with Crippen LogP contribution in [0.1, 0.15) is 20.8 Å². The number of carbonyl (C=O) groups is 1. The highest BCUT2D eigenvalue weighted by Gasteiger charge is 2.32. The summed E-state index contributed by atoms with van der Waals surface area (Å²) in [6, 6.07) is 0. The summed E-state index contributed by atoms with van der Waals surface area (Å²) in [5.74, 6) is -0.961. The van der Waals surface area contributed by atoms with Crippen molar-refractivity contribution in [1.29, 1.82) is 0 Å². The Morgan fingerprint density at radius 3 is 2.33 bits per heavy atom. The van der Waals surface area contributed by atoms with Crippen LogP contribution in [0.5, 0.6) is 0 Å². The van der Waals surface area contributed by atoms with Crippen molar-refractivity contribution in [2.75, 3.05) is 32.7 Å². The van der Waals surface area contributed by atoms with E-state index in [4.69, 9.17) is 0 Å². The van der Waals surface area contributed by atoms with E-state index in [2.05, 4.69) is 10.2 Å². The molecule has 2 N–H and O–H groups in total. The van der Waals surface area contributed by atoms with E-state index < -0.39 is 5.97 Å². The molecule has 88 valence electrons. The minimum atomic E-state index is -0.680. The van der Waals surface area contributed by atoms with Crippen molar-refractivity contribution in [2.24, 2.45) is 11.3 Å². The highest BCUT2D eigenvalue weighted by molar-refractivity contribution is 5.71. The van der Waals surface area contributed by atoms with Gasteiger partial charge in [0.15, 0.2) is 0 Å². The van der Waals surface area contributed by atoms with Gasteiger partial charge < -0.3 is 10.4 Å². The van der Waals surface area contributed by atoms with Gasteiger partial charge in [-0.3, -0.25) is 9.69 Å². The number of piperazine rings is 1. The second-order valence-corrected chi connectivity index (χ2v) is 5.31. The molecule has 15 heavy (non-hydrogen) atoms. The number of aliphatic carboxylic acids is 1. The van der Waals surface area contributed by atoms with Gasteiger partial charge in [-0.25, -0.2) is 0 Å². The van der Waals surface area contributed by atoms with E-state index in [0.29, 0.717) is 6.54 Å². The molecule has 1 unspecified atom stereocenters. The molecule has 0 saturated carbocycles. The van der Waals surface area contributed by atoms with Crippen LogP contribution in [0.15, 0.2) is 0 Å². The molecule has 1 saturated heterocycles. The van der Waals surface area contributed by atoms with Crippen molar-refractivity contribution in [1.82, 2.24) is 10.2 Å². The second-order valence-electron chi connectivity index (χ2n) is 5.31. The molecule has 0 aliphatic carbocycles. The van der Waals surface area contributed by atoms with Crippen LogP contribution >= 0.6 is 0 Å². The Bertz CT molecular complexity index is 217. The minimum Gasteiger partial charge on any atom is -0.481 e. The topological polar surface area (TPSA) is 52.6 Å². The molecule has 1 heterocycles. The fourth-order valence-corrected chi connectivity index (χ4v) is 1.87. The molecule has 0 spiro atoms. The molecule has 0 aromatic heterocycles. The van der Waals surface area contributed by atoms with Gasteiger partial charge in [-0.2, -0.15) is 0 Å². The van der Waals surface area contributed by atoms with Crippen LogP contribution in [0.3, 0.4) is 0 Å². The van der Waals surface area contributed by atoms with Crippen molar-refractivity contribution >= 4 is 5.97 Å². The van der Waals surface area contributed by atoms with Gasteiger partial charge in [-0.15, -0.1) is 0 Å².